The van der Waals surface area contributed by atoms with E-state index in [2.05, 4.69) is 68.5 Å². The molecular formula is C21H38N4O2. The summed E-state index contributed by atoms with van der Waals surface area (Å²) in [4.78, 5) is 7.09. The van der Waals surface area contributed by atoms with Crippen LogP contribution in [0.15, 0.2) is 23.2 Å². The smallest absolute Gasteiger partial charge is 0.191 e. The molecule has 6 heteroatoms. The van der Waals surface area contributed by atoms with Gasteiger partial charge in [0.25, 0.3) is 0 Å². The summed E-state index contributed by atoms with van der Waals surface area (Å²) < 4.78 is 10.9. The molecule has 0 heterocycles. The standard InChI is InChI=1S/C21H38N4O2/c1-7-18(4)25(5)12-11-23-21(22-8-2)24-16-19-10-9-17(3)15-20(19)27-14-13-26-6/h9-10,15,18H,7-8,11-14,16H2,1-6H3,(H2,22,23,24). The van der Waals surface area contributed by atoms with E-state index in [0.29, 0.717) is 25.8 Å². The molecule has 1 atom stereocenters. The first-order chi connectivity index (χ1) is 13.0. The quantitative estimate of drug-likeness (QED) is 0.333. The van der Waals surface area contributed by atoms with Crippen LogP contribution in [0.3, 0.4) is 0 Å². The molecule has 0 spiro atoms. The second kappa shape index (κ2) is 13.4. The summed E-state index contributed by atoms with van der Waals surface area (Å²) in [7, 11) is 3.84. The number of benzene rings is 1. The minimum Gasteiger partial charge on any atom is -0.491 e. The third-order valence-corrected chi connectivity index (χ3v) is 4.62. The van der Waals surface area contributed by atoms with E-state index in [4.69, 9.17) is 14.5 Å². The van der Waals surface area contributed by atoms with Gasteiger partial charge in [0.2, 0.25) is 0 Å². The van der Waals surface area contributed by atoms with Gasteiger partial charge >= 0.3 is 0 Å². The largest absolute Gasteiger partial charge is 0.491 e. The lowest BCUT2D eigenvalue weighted by Gasteiger charge is -2.24. The molecule has 0 aromatic heterocycles. The van der Waals surface area contributed by atoms with E-state index >= 15 is 0 Å². The predicted octanol–water partition coefficient (Wildman–Crippen LogP) is 2.81. The summed E-state index contributed by atoms with van der Waals surface area (Å²) in [5, 5.41) is 6.73. The van der Waals surface area contributed by atoms with Crippen LogP contribution in [0.4, 0.5) is 0 Å². The highest BCUT2D eigenvalue weighted by molar-refractivity contribution is 5.79. The molecule has 0 bridgehead atoms. The number of nitrogens with one attached hydrogen (secondary N) is 2. The van der Waals surface area contributed by atoms with Crippen LogP contribution in [0, 0.1) is 6.92 Å². The number of guanidine groups is 1. The van der Waals surface area contributed by atoms with Gasteiger partial charge in [-0.3, -0.25) is 0 Å². The van der Waals surface area contributed by atoms with Gasteiger partial charge in [-0.15, -0.1) is 0 Å². The Bertz CT molecular complexity index is 563. The van der Waals surface area contributed by atoms with Crippen molar-refractivity contribution in [2.75, 3.05) is 47.0 Å². The van der Waals surface area contributed by atoms with Gasteiger partial charge in [-0.1, -0.05) is 19.1 Å². The van der Waals surface area contributed by atoms with E-state index in [0.717, 1.165) is 43.3 Å². The number of ether oxygens (including phenoxy) is 2. The van der Waals surface area contributed by atoms with Crippen molar-refractivity contribution >= 4 is 5.96 Å². The molecule has 1 aromatic rings. The third-order valence-electron chi connectivity index (χ3n) is 4.62. The average Bonchev–Trinajstić information content (AvgIpc) is 2.66. The fraction of sp³-hybridized carbons (Fsp3) is 0.667. The van der Waals surface area contributed by atoms with Gasteiger partial charge in [0.15, 0.2) is 5.96 Å². The minimum atomic E-state index is 0.539. The molecule has 6 nitrogen and oxygen atoms in total. The normalized spacial score (nSPS) is 12.9. The Kier molecular flexibility index (Phi) is 11.5. The lowest BCUT2D eigenvalue weighted by Crippen LogP contribution is -2.42. The summed E-state index contributed by atoms with van der Waals surface area (Å²) in [6, 6.07) is 6.82. The van der Waals surface area contributed by atoms with Gasteiger partial charge in [0.1, 0.15) is 12.4 Å². The number of methoxy groups -OCH3 is 1. The highest BCUT2D eigenvalue weighted by Gasteiger charge is 2.07. The molecule has 0 saturated carbocycles. The second-order valence-electron chi connectivity index (χ2n) is 6.81. The van der Waals surface area contributed by atoms with E-state index < -0.39 is 0 Å². The van der Waals surface area contributed by atoms with Crippen molar-refractivity contribution in [2.45, 2.75) is 46.7 Å². The maximum absolute atomic E-state index is 5.86. The average molecular weight is 379 g/mol. The van der Waals surface area contributed by atoms with Crippen molar-refractivity contribution in [3.05, 3.63) is 29.3 Å². The number of nitrogens with zero attached hydrogens (tertiary/aromatic N) is 2. The highest BCUT2D eigenvalue weighted by atomic mass is 16.5. The Morgan fingerprint density at radius 2 is 2.00 bits per heavy atom. The molecule has 154 valence electrons. The minimum absolute atomic E-state index is 0.539. The Morgan fingerprint density at radius 3 is 2.67 bits per heavy atom. The predicted molar refractivity (Wildman–Crippen MR) is 114 cm³/mol. The maximum Gasteiger partial charge on any atom is 0.191 e. The van der Waals surface area contributed by atoms with E-state index in [1.54, 1.807) is 7.11 Å². The van der Waals surface area contributed by atoms with Crippen LogP contribution in [0.1, 0.15) is 38.3 Å². The van der Waals surface area contributed by atoms with Crippen molar-refractivity contribution in [3.8, 4) is 5.75 Å². The van der Waals surface area contributed by atoms with Gasteiger partial charge in [0.05, 0.1) is 13.2 Å². The van der Waals surface area contributed by atoms with Crippen molar-refractivity contribution in [3.63, 3.8) is 0 Å². The number of likely N-dealkylation sites (N-methyl/N-ethyl adjacent to an activating group) is 1. The van der Waals surface area contributed by atoms with Crippen LogP contribution >= 0.6 is 0 Å². The first kappa shape index (κ1) is 23.2. The summed E-state index contributed by atoms with van der Waals surface area (Å²) >= 11 is 0. The second-order valence-corrected chi connectivity index (χ2v) is 6.81. The Balaban J connectivity index is 2.68. The fourth-order valence-corrected chi connectivity index (χ4v) is 2.55. The SMILES string of the molecule is CCNC(=NCc1ccc(C)cc1OCCOC)NCCN(C)C(C)CC. The summed E-state index contributed by atoms with van der Waals surface area (Å²) in [6.07, 6.45) is 1.16. The summed E-state index contributed by atoms with van der Waals surface area (Å²) in [5.41, 5.74) is 2.25. The van der Waals surface area contributed by atoms with Crippen LogP contribution in [0.5, 0.6) is 5.75 Å². The topological polar surface area (TPSA) is 58.1 Å². The van der Waals surface area contributed by atoms with Crippen LogP contribution in [-0.4, -0.2) is 63.9 Å². The zero-order valence-electron chi connectivity index (χ0n) is 18.0. The molecule has 0 saturated heterocycles. The van der Waals surface area contributed by atoms with E-state index in [-0.39, 0.29) is 0 Å². The number of hydrogen-bond donors (Lipinski definition) is 2. The molecule has 1 aromatic carbocycles. The highest BCUT2D eigenvalue weighted by Crippen LogP contribution is 2.21. The molecule has 1 unspecified atom stereocenters. The van der Waals surface area contributed by atoms with Crippen LogP contribution in [0.25, 0.3) is 0 Å². The number of aliphatic imine (C=N–C) groups is 1. The van der Waals surface area contributed by atoms with Crippen molar-refractivity contribution in [1.29, 1.82) is 0 Å². The molecule has 0 fully saturated rings. The molecule has 0 aliphatic carbocycles. The van der Waals surface area contributed by atoms with Crippen molar-refractivity contribution < 1.29 is 9.47 Å². The molecule has 0 aliphatic heterocycles. The van der Waals surface area contributed by atoms with Crippen molar-refractivity contribution in [2.24, 2.45) is 4.99 Å². The van der Waals surface area contributed by atoms with Gasteiger partial charge in [-0.25, -0.2) is 4.99 Å². The molecular weight excluding hydrogens is 340 g/mol. The first-order valence-electron chi connectivity index (χ1n) is 9.95. The molecule has 2 N–H and O–H groups in total. The van der Waals surface area contributed by atoms with Crippen LogP contribution in [0.2, 0.25) is 0 Å². The van der Waals surface area contributed by atoms with Crippen LogP contribution in [-0.2, 0) is 11.3 Å². The Hall–Kier alpha value is -1.79. The van der Waals surface area contributed by atoms with Gasteiger partial charge in [-0.05, 0) is 45.9 Å². The zero-order valence-corrected chi connectivity index (χ0v) is 18.0. The lowest BCUT2D eigenvalue weighted by molar-refractivity contribution is 0.145. The van der Waals surface area contributed by atoms with Crippen LogP contribution < -0.4 is 15.4 Å². The lowest BCUT2D eigenvalue weighted by atomic mass is 10.1. The molecule has 0 radical (unpaired) electrons. The Labute approximate surface area is 165 Å². The van der Waals surface area contributed by atoms with Gasteiger partial charge in [-0.2, -0.15) is 0 Å². The number of rotatable bonds is 12. The molecule has 1 rings (SSSR count). The molecule has 0 aliphatic rings. The zero-order chi connectivity index (χ0) is 20.1. The summed E-state index contributed by atoms with van der Waals surface area (Å²) in [5.74, 6) is 1.71. The van der Waals surface area contributed by atoms with Gasteiger partial charge in [0, 0.05) is 38.3 Å². The number of hydrogen-bond acceptors (Lipinski definition) is 4. The molecule has 0 amide bonds. The fourth-order valence-electron chi connectivity index (χ4n) is 2.55. The first-order valence-corrected chi connectivity index (χ1v) is 9.95. The van der Waals surface area contributed by atoms with Crippen molar-refractivity contribution in [1.82, 2.24) is 15.5 Å². The number of aryl methyl sites for hydroxylation is 1. The van der Waals surface area contributed by atoms with Gasteiger partial charge < -0.3 is 25.0 Å². The molecule has 27 heavy (non-hydrogen) atoms. The Morgan fingerprint density at radius 1 is 1.22 bits per heavy atom. The van der Waals surface area contributed by atoms with E-state index in [1.165, 1.54) is 5.56 Å². The summed E-state index contributed by atoms with van der Waals surface area (Å²) in [6.45, 7) is 13.0. The maximum atomic E-state index is 5.86. The monoisotopic (exact) mass is 378 g/mol. The van der Waals surface area contributed by atoms with E-state index in [1.807, 2.05) is 0 Å². The van der Waals surface area contributed by atoms with E-state index in [9.17, 15) is 0 Å². The third kappa shape index (κ3) is 9.11.